The topological polar surface area (TPSA) is 127 Å². The fourth-order valence-electron chi connectivity index (χ4n) is 3.21. The molecular weight excluding hydrogens is 577 g/mol. The van der Waals surface area contributed by atoms with Gasteiger partial charge in [-0.05, 0) is 16.7 Å². The number of amides is 1. The van der Waals surface area contributed by atoms with Gasteiger partial charge >= 0.3 is 25.3 Å². The summed E-state index contributed by atoms with van der Waals surface area (Å²) >= 11 is 5.18. The molecule has 1 amide bonds. The van der Waals surface area contributed by atoms with Gasteiger partial charge in [-0.1, -0.05) is 91.0 Å². The Bertz CT molecular complexity index is 1230. The molecule has 0 atom stereocenters. The number of phosphoric acid groups is 1. The Balaban J connectivity index is 1.57. The standard InChI is InChI=1S/C28H29ClNO10P/c29-27(32)35-17-16-30(18-26(31)36-19-23-10-4-1-5-11-23)28(33)37-22-40-41(34,38-20-24-12-6-2-7-13-24)39-21-25-14-8-3-9-15-25/h1-15H,16-22H2. The van der Waals surface area contributed by atoms with E-state index in [-0.39, 0.29) is 33.0 Å². The Hall–Kier alpha value is -3.73. The van der Waals surface area contributed by atoms with E-state index in [1.165, 1.54) is 0 Å². The van der Waals surface area contributed by atoms with Crippen LogP contribution in [0.5, 0.6) is 0 Å². The Kier molecular flexibility index (Phi) is 13.3. The number of carbonyl (C=O) groups is 3. The van der Waals surface area contributed by atoms with Gasteiger partial charge in [0, 0.05) is 11.6 Å². The van der Waals surface area contributed by atoms with Crippen molar-refractivity contribution in [3.05, 3.63) is 108 Å². The summed E-state index contributed by atoms with van der Waals surface area (Å²) in [6, 6.07) is 26.8. The molecule has 0 aliphatic heterocycles. The second-order valence-corrected chi connectivity index (χ2v) is 10.3. The van der Waals surface area contributed by atoms with Gasteiger partial charge in [-0.3, -0.25) is 18.7 Å². The first-order valence-corrected chi connectivity index (χ1v) is 14.2. The largest absolute Gasteiger partial charge is 0.478 e. The number of halogens is 1. The van der Waals surface area contributed by atoms with E-state index in [0.29, 0.717) is 11.1 Å². The zero-order chi connectivity index (χ0) is 29.3. The summed E-state index contributed by atoms with van der Waals surface area (Å²) < 4.78 is 44.5. The molecule has 0 saturated carbocycles. The van der Waals surface area contributed by atoms with Crippen LogP contribution in [0.2, 0.25) is 0 Å². The lowest BCUT2D eigenvalue weighted by Crippen LogP contribution is -2.39. The second-order valence-electron chi connectivity index (χ2n) is 8.28. The van der Waals surface area contributed by atoms with Crippen molar-refractivity contribution < 1.29 is 46.7 Å². The monoisotopic (exact) mass is 605 g/mol. The number of hydrogen-bond acceptors (Lipinski definition) is 10. The molecule has 0 unspecified atom stereocenters. The molecule has 0 aromatic heterocycles. The van der Waals surface area contributed by atoms with Gasteiger partial charge < -0.3 is 14.2 Å². The number of nitrogens with zero attached hydrogens (tertiary/aromatic N) is 1. The smallest absolute Gasteiger partial charge is 0.459 e. The first kappa shape index (κ1) is 31.8. The van der Waals surface area contributed by atoms with Crippen molar-refractivity contribution in [1.29, 1.82) is 0 Å². The molecule has 0 N–H and O–H groups in total. The van der Waals surface area contributed by atoms with Crippen LogP contribution in [-0.4, -0.2) is 48.9 Å². The highest BCUT2D eigenvalue weighted by molar-refractivity contribution is 7.48. The molecule has 11 nitrogen and oxygen atoms in total. The van der Waals surface area contributed by atoms with Crippen molar-refractivity contribution in [3.8, 4) is 0 Å². The summed E-state index contributed by atoms with van der Waals surface area (Å²) in [6.45, 7) is -2.12. The molecule has 0 bridgehead atoms. The molecule has 3 rings (SSSR count). The second kappa shape index (κ2) is 17.2. The Morgan fingerprint density at radius 3 is 1.63 bits per heavy atom. The lowest BCUT2D eigenvalue weighted by molar-refractivity contribution is -0.146. The predicted octanol–water partition coefficient (Wildman–Crippen LogP) is 6.06. The molecule has 3 aromatic carbocycles. The lowest BCUT2D eigenvalue weighted by Gasteiger charge is -2.22. The molecule has 41 heavy (non-hydrogen) atoms. The van der Waals surface area contributed by atoms with E-state index in [0.717, 1.165) is 10.5 Å². The first-order chi connectivity index (χ1) is 19.8. The van der Waals surface area contributed by atoms with Crippen molar-refractivity contribution in [2.24, 2.45) is 0 Å². The third-order valence-electron chi connectivity index (χ3n) is 5.26. The average molecular weight is 606 g/mol. The summed E-state index contributed by atoms with van der Waals surface area (Å²) in [5, 5.41) is 0. The molecule has 0 saturated heterocycles. The van der Waals surface area contributed by atoms with E-state index in [4.69, 9.17) is 34.6 Å². The maximum Gasteiger partial charge on any atom is 0.478 e. The van der Waals surface area contributed by atoms with Crippen molar-refractivity contribution in [2.45, 2.75) is 19.8 Å². The van der Waals surface area contributed by atoms with E-state index < -0.39 is 38.7 Å². The molecule has 13 heteroatoms. The van der Waals surface area contributed by atoms with Gasteiger partial charge in [0.15, 0.2) is 0 Å². The van der Waals surface area contributed by atoms with Crippen LogP contribution in [0, 0.1) is 0 Å². The Labute approximate surface area is 242 Å². The molecule has 0 aliphatic carbocycles. The zero-order valence-corrected chi connectivity index (χ0v) is 23.6. The van der Waals surface area contributed by atoms with Crippen molar-refractivity contribution in [2.75, 3.05) is 26.5 Å². The fourth-order valence-corrected chi connectivity index (χ4v) is 4.31. The molecule has 0 aliphatic rings. The van der Waals surface area contributed by atoms with Gasteiger partial charge in [-0.2, -0.15) is 0 Å². The van der Waals surface area contributed by atoms with Crippen LogP contribution in [0.25, 0.3) is 0 Å². The van der Waals surface area contributed by atoms with Crippen LogP contribution in [0.3, 0.4) is 0 Å². The van der Waals surface area contributed by atoms with Gasteiger partial charge in [0.05, 0.1) is 19.8 Å². The third-order valence-corrected chi connectivity index (χ3v) is 6.68. The number of benzene rings is 3. The van der Waals surface area contributed by atoms with Crippen molar-refractivity contribution >= 4 is 36.9 Å². The number of rotatable bonds is 16. The highest BCUT2D eigenvalue weighted by Crippen LogP contribution is 2.50. The highest BCUT2D eigenvalue weighted by Gasteiger charge is 2.29. The van der Waals surface area contributed by atoms with E-state index in [2.05, 4.69) is 4.74 Å². The van der Waals surface area contributed by atoms with Gasteiger partial charge in [-0.25, -0.2) is 18.7 Å². The van der Waals surface area contributed by atoms with Crippen LogP contribution < -0.4 is 0 Å². The van der Waals surface area contributed by atoms with Crippen LogP contribution >= 0.6 is 19.4 Å². The number of phosphoric ester groups is 1. The SMILES string of the molecule is O=C(Cl)OCCN(CC(=O)OCc1ccccc1)C(=O)OCOP(=O)(OCc1ccccc1)OCc1ccccc1. The summed E-state index contributed by atoms with van der Waals surface area (Å²) in [5.74, 6) is -0.744. The molecule has 0 heterocycles. The number of carbonyl (C=O) groups excluding carboxylic acids is 3. The minimum atomic E-state index is -4.22. The Morgan fingerprint density at radius 1 is 0.659 bits per heavy atom. The van der Waals surface area contributed by atoms with E-state index >= 15 is 0 Å². The van der Waals surface area contributed by atoms with Crippen molar-refractivity contribution in [3.63, 3.8) is 0 Å². The number of esters is 1. The van der Waals surface area contributed by atoms with Crippen LogP contribution in [0.4, 0.5) is 9.59 Å². The third kappa shape index (κ3) is 12.5. The predicted molar refractivity (Wildman–Crippen MR) is 148 cm³/mol. The maximum atomic E-state index is 13.3. The minimum Gasteiger partial charge on any atom is -0.459 e. The molecule has 0 radical (unpaired) electrons. The molecule has 3 aromatic rings. The maximum absolute atomic E-state index is 13.3. The lowest BCUT2D eigenvalue weighted by atomic mass is 10.2. The van der Waals surface area contributed by atoms with Gasteiger partial charge in [-0.15, -0.1) is 0 Å². The van der Waals surface area contributed by atoms with Crippen LogP contribution in [-0.2, 0) is 57.0 Å². The van der Waals surface area contributed by atoms with E-state index in [1.807, 2.05) is 18.2 Å². The number of hydrogen-bond donors (Lipinski definition) is 0. The first-order valence-electron chi connectivity index (χ1n) is 12.4. The van der Waals surface area contributed by atoms with E-state index in [1.54, 1.807) is 72.8 Å². The average Bonchev–Trinajstić information content (AvgIpc) is 2.99. The number of ether oxygens (including phenoxy) is 3. The summed E-state index contributed by atoms with van der Waals surface area (Å²) in [6.07, 6.45) is -1.04. The van der Waals surface area contributed by atoms with Gasteiger partial charge in [0.2, 0.25) is 6.79 Å². The summed E-state index contributed by atoms with van der Waals surface area (Å²) in [7, 11) is -4.22. The highest BCUT2D eigenvalue weighted by atomic mass is 35.5. The molecular formula is C28H29ClNO10P. The Morgan fingerprint density at radius 2 is 1.15 bits per heavy atom. The van der Waals surface area contributed by atoms with Gasteiger partial charge in [0.25, 0.3) is 0 Å². The van der Waals surface area contributed by atoms with Crippen LogP contribution in [0.1, 0.15) is 16.7 Å². The van der Waals surface area contributed by atoms with Crippen LogP contribution in [0.15, 0.2) is 91.0 Å². The fraction of sp³-hybridized carbons (Fsp3) is 0.250. The summed E-state index contributed by atoms with van der Waals surface area (Å²) in [5.41, 5.74) is 1.10. The zero-order valence-electron chi connectivity index (χ0n) is 22.0. The molecule has 0 fully saturated rings. The molecule has 0 spiro atoms. The normalized spacial score (nSPS) is 11.0. The quantitative estimate of drug-likeness (QED) is 0.0625. The summed E-state index contributed by atoms with van der Waals surface area (Å²) in [4.78, 5) is 37.0. The molecule has 218 valence electrons. The van der Waals surface area contributed by atoms with E-state index in [9.17, 15) is 18.9 Å². The van der Waals surface area contributed by atoms with Gasteiger partial charge in [0.1, 0.15) is 19.8 Å². The van der Waals surface area contributed by atoms with Crippen molar-refractivity contribution in [1.82, 2.24) is 4.90 Å². The minimum absolute atomic E-state index is 0.0109.